The van der Waals surface area contributed by atoms with E-state index in [-0.39, 0.29) is 61.5 Å². The van der Waals surface area contributed by atoms with Crippen molar-refractivity contribution < 1.29 is 63.3 Å². The summed E-state index contributed by atoms with van der Waals surface area (Å²) in [4.78, 5) is 60.8. The number of methoxy groups -OCH3 is 1. The first kappa shape index (κ1) is 48.4. The van der Waals surface area contributed by atoms with Gasteiger partial charge in [0, 0.05) is 92.1 Å². The third-order valence-corrected chi connectivity index (χ3v) is 12.7. The fraction of sp³-hybridized carbons (Fsp3) is 0.479. The number of phenols is 2. The zero-order chi connectivity index (χ0) is 47.6. The Morgan fingerprint density at radius 1 is 0.954 bits per heavy atom. The van der Waals surface area contributed by atoms with Gasteiger partial charge in [-0.2, -0.15) is 0 Å². The average molecular weight is 902 g/mol. The van der Waals surface area contributed by atoms with Gasteiger partial charge in [-0.15, -0.1) is 0 Å². The highest BCUT2D eigenvalue weighted by atomic mass is 16.7. The predicted octanol–water partition coefficient (Wildman–Crippen LogP) is 5.86. The number of phenolic OH excluding ortho intramolecular Hbond substituents is 2. The summed E-state index contributed by atoms with van der Waals surface area (Å²) in [5.74, 6) is -5.11. The van der Waals surface area contributed by atoms with Crippen LogP contribution < -0.4 is 20.4 Å². The Kier molecular flexibility index (Phi) is 14.9. The molecule has 1 saturated heterocycles. The summed E-state index contributed by atoms with van der Waals surface area (Å²) in [6, 6.07) is 3.11. The van der Waals surface area contributed by atoms with Crippen LogP contribution >= 0.6 is 0 Å². The molecule has 2 aromatic carbocycles. The lowest BCUT2D eigenvalue weighted by Gasteiger charge is -2.38. The van der Waals surface area contributed by atoms with Gasteiger partial charge >= 0.3 is 5.97 Å². The van der Waals surface area contributed by atoms with Gasteiger partial charge in [0.15, 0.2) is 17.6 Å². The van der Waals surface area contributed by atoms with Crippen LogP contribution in [0.2, 0.25) is 0 Å². The highest BCUT2D eigenvalue weighted by Crippen LogP contribution is 2.46. The monoisotopic (exact) mass is 901 g/mol. The van der Waals surface area contributed by atoms with Crippen molar-refractivity contribution in [3.63, 3.8) is 0 Å². The molecule has 4 heterocycles. The molecule has 17 heteroatoms. The Morgan fingerprint density at radius 2 is 1.65 bits per heavy atom. The fourth-order valence-electron chi connectivity index (χ4n) is 8.77. The number of aromatic nitrogens is 1. The number of benzene rings is 3. The Bertz CT molecular complexity index is 2560. The van der Waals surface area contributed by atoms with Gasteiger partial charge in [-0.05, 0) is 32.8 Å². The first-order valence-electron chi connectivity index (χ1n) is 21.7. The van der Waals surface area contributed by atoms with E-state index in [1.165, 1.54) is 53.2 Å². The lowest BCUT2D eigenvalue weighted by molar-refractivity contribution is -0.160. The molecule has 0 radical (unpaired) electrons. The third-order valence-electron chi connectivity index (χ3n) is 12.7. The topological polar surface area (TPSA) is 248 Å². The second kappa shape index (κ2) is 20.0. The number of aliphatic hydroxyl groups excluding tert-OH is 3. The molecule has 65 heavy (non-hydrogen) atoms. The molecule has 1 amide bonds. The molecule has 0 aromatic heterocycles. The number of fused-ring (bicyclic) bond motifs is 17. The smallest absolute Gasteiger partial charge is 0.302 e. The third kappa shape index (κ3) is 9.83. The Balaban J connectivity index is 1.56. The largest absolute Gasteiger partial charge is 0.507 e. The van der Waals surface area contributed by atoms with E-state index in [0.717, 1.165) is 0 Å². The fourth-order valence-corrected chi connectivity index (χ4v) is 8.77. The molecule has 9 atom stereocenters. The van der Waals surface area contributed by atoms with Crippen LogP contribution in [0.25, 0.3) is 33.3 Å². The molecule has 0 saturated carbocycles. The van der Waals surface area contributed by atoms with Gasteiger partial charge in [0.25, 0.3) is 5.91 Å². The highest BCUT2D eigenvalue weighted by Gasteiger charge is 2.39. The second-order valence-electron chi connectivity index (χ2n) is 17.2. The van der Waals surface area contributed by atoms with Crippen LogP contribution in [0.15, 0.2) is 57.5 Å². The molecule has 1 aliphatic carbocycles. The van der Waals surface area contributed by atoms with Crippen molar-refractivity contribution >= 4 is 51.4 Å². The molecule has 1 fully saturated rings. The number of carbonyl (C=O) groups is 3. The van der Waals surface area contributed by atoms with Crippen molar-refractivity contribution in [3.05, 3.63) is 69.6 Å². The maximum atomic E-state index is 14.7. The van der Waals surface area contributed by atoms with Crippen molar-refractivity contribution in [2.24, 2.45) is 23.7 Å². The van der Waals surface area contributed by atoms with Crippen LogP contribution in [0.4, 0.5) is 11.4 Å². The minimum Gasteiger partial charge on any atom is -0.507 e. The van der Waals surface area contributed by atoms with E-state index in [1.807, 2.05) is 4.90 Å². The van der Waals surface area contributed by atoms with Gasteiger partial charge in [-0.3, -0.25) is 19.2 Å². The minimum absolute atomic E-state index is 0.0120. The summed E-state index contributed by atoms with van der Waals surface area (Å²) in [5.41, 5.74) is -1.04. The molecule has 350 valence electrons. The minimum atomic E-state index is -1.14. The molecule has 6 N–H and O–H groups in total. The number of hydrogen-bond donors (Lipinski definition) is 6. The van der Waals surface area contributed by atoms with Crippen LogP contribution in [0.3, 0.4) is 0 Å². The zero-order valence-electron chi connectivity index (χ0n) is 38.0. The van der Waals surface area contributed by atoms with Crippen LogP contribution in [-0.2, 0) is 23.8 Å². The summed E-state index contributed by atoms with van der Waals surface area (Å²) < 4.78 is 29.9. The number of amides is 1. The van der Waals surface area contributed by atoms with Gasteiger partial charge in [0.1, 0.15) is 40.3 Å². The summed E-state index contributed by atoms with van der Waals surface area (Å²) in [6.07, 6.45) is 3.54. The first-order chi connectivity index (χ1) is 30.8. The number of allylic oxidation sites excluding steroid dienone is 2. The number of piperidine rings is 1. The molecule has 5 aliphatic rings. The Morgan fingerprint density at radius 3 is 2.29 bits per heavy atom. The van der Waals surface area contributed by atoms with E-state index >= 15 is 0 Å². The summed E-state index contributed by atoms with van der Waals surface area (Å²) >= 11 is 0. The summed E-state index contributed by atoms with van der Waals surface area (Å²) in [7, 11) is 1.45. The maximum absolute atomic E-state index is 14.7. The number of nitrogens with zero attached hydrogens (tertiary/aromatic N) is 2. The number of esters is 1. The van der Waals surface area contributed by atoms with Gasteiger partial charge in [0.05, 0.1) is 41.6 Å². The quantitative estimate of drug-likeness (QED) is 0.0607. The molecule has 7 rings (SSSR count). The van der Waals surface area contributed by atoms with E-state index in [1.54, 1.807) is 52.0 Å². The van der Waals surface area contributed by atoms with E-state index in [2.05, 4.69) is 5.32 Å². The van der Waals surface area contributed by atoms with Crippen molar-refractivity contribution in [2.45, 2.75) is 105 Å². The number of rotatable bonds is 4. The molecule has 4 bridgehead atoms. The van der Waals surface area contributed by atoms with Crippen LogP contribution in [0.1, 0.15) is 77.2 Å². The van der Waals surface area contributed by atoms with E-state index in [0.29, 0.717) is 37.9 Å². The van der Waals surface area contributed by atoms with E-state index < -0.39 is 89.2 Å². The summed E-state index contributed by atoms with van der Waals surface area (Å²) in [6.45, 7) is 13.6. The van der Waals surface area contributed by atoms with Crippen LogP contribution in [0.5, 0.6) is 17.2 Å². The molecule has 4 aliphatic heterocycles. The molecular weight excluding hydrogens is 843 g/mol. The molecule has 2 aromatic rings. The molecule has 17 nitrogen and oxygen atoms in total. The average Bonchev–Trinajstić information content (AvgIpc) is 3.27. The number of ether oxygens (including phenoxy) is 4. The molecule has 0 unspecified atom stereocenters. The van der Waals surface area contributed by atoms with Crippen molar-refractivity contribution in [1.29, 1.82) is 0 Å². The number of hydrogen-bond acceptors (Lipinski definition) is 16. The van der Waals surface area contributed by atoms with Crippen molar-refractivity contribution in [1.82, 2.24) is 4.98 Å². The van der Waals surface area contributed by atoms with E-state index in [4.69, 9.17) is 28.3 Å². The number of anilines is 2. The van der Waals surface area contributed by atoms with Crippen LogP contribution in [0, 0.1) is 30.6 Å². The number of aliphatic hydroxyl groups is 3. The van der Waals surface area contributed by atoms with E-state index in [9.17, 15) is 44.7 Å². The van der Waals surface area contributed by atoms with Gasteiger partial charge < -0.3 is 59.1 Å². The number of carbonyl (C=O) groups excluding carboxylic acids is 3. The SMILES string of the molecule is CO[C@H]1/C=C/O[C@@H](C)Oc2c(C)c(O)c3c(=O)c(c4oc5cc(N6CCC(O)CC6)cc(O)c5nc-4c3c2C=O)NC(=O)/C(C)=C\C=C\[C@H](C)[C@H](O)[C@@H](C)[C@@H](O)[C@@H](C)[C@H](OC(C)=O)[C@@H]1C. The first-order valence-corrected chi connectivity index (χ1v) is 21.7. The Labute approximate surface area is 376 Å². The molecular formula is C48H59N3O14. The second-order valence-corrected chi connectivity index (χ2v) is 17.2. The van der Waals surface area contributed by atoms with Crippen LogP contribution in [-0.4, -0.2) is 106 Å². The number of aromatic hydroxyl groups is 2. The maximum Gasteiger partial charge on any atom is 0.302 e. The van der Waals surface area contributed by atoms with Gasteiger partial charge in [0.2, 0.25) is 11.7 Å². The molecule has 0 spiro atoms. The van der Waals surface area contributed by atoms with Crippen molar-refractivity contribution in [2.75, 3.05) is 30.4 Å². The lowest BCUT2D eigenvalue weighted by Crippen LogP contribution is -2.46. The zero-order valence-corrected chi connectivity index (χ0v) is 38.0. The standard InChI is InChI=1S/C48H59N3O14/c1-22-11-10-12-23(2)48(60)50-40-44(59)37-36(39-47(40)65-35-20-30(19-33(55)38(35)49-39)51-16-13-31(54)14-17-51)32(21-52)46(27(6)43(37)58)64-29(8)62-18-15-34(61-9)24(3)45(63-28(7)53)26(5)42(57)25(4)41(22)56/h10-12,15,18-22,24-26,29,31,34,41-42,45,54-58H,13-14,16-17H2,1-9H3,(H,50,60)/b11-10+,18-15+,23-12-/t22-,24+,25+,26+,29+,34-,41-,42+,45+/m0/s1. The van der Waals surface area contributed by atoms with Gasteiger partial charge in [-0.1, -0.05) is 45.9 Å². The van der Waals surface area contributed by atoms with Crippen molar-refractivity contribution in [3.8, 4) is 28.7 Å². The Hall–Kier alpha value is -6.01. The lowest BCUT2D eigenvalue weighted by atomic mass is 9.78. The normalized spacial score (nSPS) is 28.5. The number of nitrogens with one attached hydrogen (secondary N) is 1. The summed E-state index contributed by atoms with van der Waals surface area (Å²) in [5, 5.41) is 58.3. The predicted molar refractivity (Wildman–Crippen MR) is 242 cm³/mol. The highest BCUT2D eigenvalue weighted by molar-refractivity contribution is 6.15. The van der Waals surface area contributed by atoms with Gasteiger partial charge in [-0.25, -0.2) is 4.98 Å². The number of aldehydes is 1.